The number of piperazine rings is 1. The molecule has 21 heavy (non-hydrogen) atoms. The van der Waals surface area contributed by atoms with Crippen LogP contribution < -0.4 is 15.5 Å². The van der Waals surface area contributed by atoms with Crippen LogP contribution in [0.1, 0.15) is 13.8 Å². The molecular formula is C15H25N5O. The molecule has 1 aliphatic rings. The molecule has 0 unspecified atom stereocenters. The van der Waals surface area contributed by atoms with E-state index in [9.17, 15) is 4.79 Å². The van der Waals surface area contributed by atoms with Crippen LogP contribution in [0, 0.1) is 0 Å². The van der Waals surface area contributed by atoms with E-state index >= 15 is 0 Å². The van der Waals surface area contributed by atoms with Crippen LogP contribution in [0.25, 0.3) is 0 Å². The van der Waals surface area contributed by atoms with Gasteiger partial charge < -0.3 is 15.5 Å². The number of pyridine rings is 1. The third kappa shape index (κ3) is 3.51. The van der Waals surface area contributed by atoms with E-state index in [4.69, 9.17) is 0 Å². The molecule has 116 valence electrons. The lowest BCUT2D eigenvalue weighted by Gasteiger charge is -2.39. The Morgan fingerprint density at radius 3 is 2.67 bits per heavy atom. The molecule has 0 radical (unpaired) electrons. The fourth-order valence-electron chi connectivity index (χ4n) is 2.49. The number of hydrogen-bond acceptors (Lipinski definition) is 5. The van der Waals surface area contributed by atoms with Crippen LogP contribution in [0.2, 0.25) is 0 Å². The Labute approximate surface area is 126 Å². The van der Waals surface area contributed by atoms with Crippen molar-refractivity contribution in [3.8, 4) is 0 Å². The Bertz CT molecular complexity index is 495. The van der Waals surface area contributed by atoms with Crippen molar-refractivity contribution >= 4 is 17.4 Å². The van der Waals surface area contributed by atoms with Crippen LogP contribution in [0.4, 0.5) is 11.5 Å². The SMILES string of the molecule is CN(C)c1ncccc1NC(=O)C(C)(C)N1CCNCC1. The van der Waals surface area contributed by atoms with Crippen molar-refractivity contribution in [2.24, 2.45) is 0 Å². The zero-order valence-corrected chi connectivity index (χ0v) is 13.3. The lowest BCUT2D eigenvalue weighted by Crippen LogP contribution is -2.58. The number of carbonyl (C=O) groups excluding carboxylic acids is 1. The summed E-state index contributed by atoms with van der Waals surface area (Å²) in [6.45, 7) is 7.56. The van der Waals surface area contributed by atoms with Gasteiger partial charge in [0.1, 0.15) is 0 Å². The van der Waals surface area contributed by atoms with Gasteiger partial charge in [-0.3, -0.25) is 9.69 Å². The van der Waals surface area contributed by atoms with Crippen molar-refractivity contribution in [1.82, 2.24) is 15.2 Å². The molecule has 1 aliphatic heterocycles. The van der Waals surface area contributed by atoms with Gasteiger partial charge in [-0.2, -0.15) is 0 Å². The van der Waals surface area contributed by atoms with Crippen LogP contribution >= 0.6 is 0 Å². The summed E-state index contributed by atoms with van der Waals surface area (Å²) in [6, 6.07) is 3.72. The maximum Gasteiger partial charge on any atom is 0.244 e. The Morgan fingerprint density at radius 2 is 2.05 bits per heavy atom. The van der Waals surface area contributed by atoms with E-state index in [0.29, 0.717) is 0 Å². The van der Waals surface area contributed by atoms with Gasteiger partial charge in [0, 0.05) is 46.5 Å². The number of carbonyl (C=O) groups is 1. The van der Waals surface area contributed by atoms with Gasteiger partial charge in [0.25, 0.3) is 0 Å². The Balaban J connectivity index is 2.13. The minimum Gasteiger partial charge on any atom is -0.361 e. The lowest BCUT2D eigenvalue weighted by atomic mass is 10.0. The molecule has 6 heteroatoms. The molecular weight excluding hydrogens is 266 g/mol. The number of aromatic nitrogens is 1. The molecule has 1 saturated heterocycles. The van der Waals surface area contributed by atoms with Crippen molar-refractivity contribution < 1.29 is 4.79 Å². The van der Waals surface area contributed by atoms with Crippen molar-refractivity contribution in [2.75, 3.05) is 50.5 Å². The van der Waals surface area contributed by atoms with E-state index in [0.717, 1.165) is 37.7 Å². The summed E-state index contributed by atoms with van der Waals surface area (Å²) >= 11 is 0. The fourth-order valence-corrected chi connectivity index (χ4v) is 2.49. The molecule has 0 spiro atoms. The van der Waals surface area contributed by atoms with Crippen molar-refractivity contribution in [3.05, 3.63) is 18.3 Å². The second kappa shape index (κ2) is 6.41. The highest BCUT2D eigenvalue weighted by molar-refractivity contribution is 5.99. The summed E-state index contributed by atoms with van der Waals surface area (Å²) < 4.78 is 0. The molecule has 2 heterocycles. The average molecular weight is 291 g/mol. The minimum absolute atomic E-state index is 0.000463. The molecule has 2 rings (SSSR count). The second-order valence-electron chi connectivity index (χ2n) is 6.02. The molecule has 0 saturated carbocycles. The van der Waals surface area contributed by atoms with Crippen LogP contribution in [0.5, 0.6) is 0 Å². The van der Waals surface area contributed by atoms with Gasteiger partial charge in [0.05, 0.1) is 11.2 Å². The van der Waals surface area contributed by atoms with E-state index in [1.54, 1.807) is 6.20 Å². The quantitative estimate of drug-likeness (QED) is 0.858. The number of nitrogens with one attached hydrogen (secondary N) is 2. The third-order valence-corrected chi connectivity index (χ3v) is 3.92. The summed E-state index contributed by atoms with van der Waals surface area (Å²) in [7, 11) is 3.83. The summed E-state index contributed by atoms with van der Waals surface area (Å²) in [6.07, 6.45) is 1.73. The van der Waals surface area contributed by atoms with Crippen molar-refractivity contribution in [2.45, 2.75) is 19.4 Å². The van der Waals surface area contributed by atoms with Crippen LogP contribution in [-0.2, 0) is 4.79 Å². The fraction of sp³-hybridized carbons (Fsp3) is 0.600. The molecule has 0 aromatic carbocycles. The highest BCUT2D eigenvalue weighted by Crippen LogP contribution is 2.23. The first kappa shape index (κ1) is 15.7. The number of amides is 1. The minimum atomic E-state index is -0.540. The van der Waals surface area contributed by atoms with E-state index < -0.39 is 5.54 Å². The predicted molar refractivity (Wildman–Crippen MR) is 85.7 cm³/mol. The monoisotopic (exact) mass is 291 g/mol. The summed E-state index contributed by atoms with van der Waals surface area (Å²) in [5, 5.41) is 6.33. The molecule has 6 nitrogen and oxygen atoms in total. The number of hydrogen-bond donors (Lipinski definition) is 2. The number of nitrogens with zero attached hydrogens (tertiary/aromatic N) is 3. The first-order valence-electron chi connectivity index (χ1n) is 7.32. The average Bonchev–Trinajstić information content (AvgIpc) is 2.48. The van der Waals surface area contributed by atoms with E-state index in [1.165, 1.54) is 0 Å². The van der Waals surface area contributed by atoms with Crippen LogP contribution in [0.3, 0.4) is 0 Å². The number of anilines is 2. The summed E-state index contributed by atoms with van der Waals surface area (Å²) in [5.41, 5.74) is 0.206. The first-order valence-corrected chi connectivity index (χ1v) is 7.32. The topological polar surface area (TPSA) is 60.5 Å². The standard InChI is InChI=1S/C15H25N5O/c1-15(2,20-10-8-16-9-11-20)14(21)18-12-6-5-7-17-13(12)19(3)4/h5-7,16H,8-11H2,1-4H3,(H,18,21). The van der Waals surface area contributed by atoms with Gasteiger partial charge in [-0.05, 0) is 26.0 Å². The van der Waals surface area contributed by atoms with E-state index in [1.807, 2.05) is 45.0 Å². The Kier molecular flexibility index (Phi) is 4.80. The Morgan fingerprint density at radius 1 is 1.38 bits per heavy atom. The molecule has 1 fully saturated rings. The number of rotatable bonds is 4. The molecule has 1 aromatic heterocycles. The van der Waals surface area contributed by atoms with Gasteiger partial charge in [-0.25, -0.2) is 4.98 Å². The zero-order valence-electron chi connectivity index (χ0n) is 13.3. The first-order chi connectivity index (χ1) is 9.93. The van der Waals surface area contributed by atoms with Crippen molar-refractivity contribution in [3.63, 3.8) is 0 Å². The highest BCUT2D eigenvalue weighted by atomic mass is 16.2. The van der Waals surface area contributed by atoms with E-state index in [2.05, 4.69) is 20.5 Å². The van der Waals surface area contributed by atoms with E-state index in [-0.39, 0.29) is 5.91 Å². The molecule has 1 aromatic rings. The van der Waals surface area contributed by atoms with Crippen LogP contribution in [-0.4, -0.2) is 61.6 Å². The molecule has 0 atom stereocenters. The largest absolute Gasteiger partial charge is 0.361 e. The maximum atomic E-state index is 12.7. The third-order valence-electron chi connectivity index (χ3n) is 3.92. The van der Waals surface area contributed by atoms with Crippen molar-refractivity contribution in [1.29, 1.82) is 0 Å². The Hall–Kier alpha value is -1.66. The smallest absolute Gasteiger partial charge is 0.244 e. The lowest BCUT2D eigenvalue weighted by molar-refractivity contribution is -0.126. The van der Waals surface area contributed by atoms with Crippen LogP contribution in [0.15, 0.2) is 18.3 Å². The predicted octanol–water partition coefficient (Wildman–Crippen LogP) is 0.770. The summed E-state index contributed by atoms with van der Waals surface area (Å²) in [5.74, 6) is 0.766. The maximum absolute atomic E-state index is 12.7. The molecule has 0 bridgehead atoms. The second-order valence-corrected chi connectivity index (χ2v) is 6.02. The van der Waals surface area contributed by atoms with Gasteiger partial charge in [0.15, 0.2) is 5.82 Å². The highest BCUT2D eigenvalue weighted by Gasteiger charge is 2.35. The normalized spacial score (nSPS) is 16.6. The summed E-state index contributed by atoms with van der Waals surface area (Å²) in [4.78, 5) is 21.1. The molecule has 1 amide bonds. The molecule has 0 aliphatic carbocycles. The molecule has 2 N–H and O–H groups in total. The zero-order chi connectivity index (χ0) is 15.5. The van der Waals surface area contributed by atoms with Gasteiger partial charge in [-0.1, -0.05) is 0 Å². The van der Waals surface area contributed by atoms with Gasteiger partial charge >= 0.3 is 0 Å². The van der Waals surface area contributed by atoms with Gasteiger partial charge in [-0.15, -0.1) is 0 Å². The van der Waals surface area contributed by atoms with Gasteiger partial charge in [0.2, 0.25) is 5.91 Å².